The van der Waals surface area contributed by atoms with Crippen LogP contribution in [0.4, 0.5) is 0 Å². The Morgan fingerprint density at radius 3 is 2.91 bits per heavy atom. The minimum atomic E-state index is -0.143. The van der Waals surface area contributed by atoms with Gasteiger partial charge in [-0.1, -0.05) is 12.8 Å². The highest BCUT2D eigenvalue weighted by atomic mass is 16.3. The van der Waals surface area contributed by atoms with Crippen LogP contribution in [-0.4, -0.2) is 0 Å². The fourth-order valence-corrected chi connectivity index (χ4v) is 0.869. The average Bonchev–Trinajstić information content (AvgIpc) is 2.04. The molecular formula is C9H8O2. The highest BCUT2D eigenvalue weighted by molar-refractivity contribution is 5.33. The zero-order chi connectivity index (χ0) is 8.27. The zero-order valence-corrected chi connectivity index (χ0v) is 6.26. The maximum atomic E-state index is 11.0. The van der Waals surface area contributed by atoms with E-state index in [1.165, 1.54) is 12.3 Å². The molecule has 2 nitrogen and oxygen atoms in total. The molecule has 1 rings (SSSR count). The number of terminal acetylenes is 1. The standard InChI is InChI=1S/C9H8O2/c1-3-7-8(10)5-6-11-9(7)4-2/h1,5-6H,4H2,2H3. The van der Waals surface area contributed by atoms with E-state index in [1.54, 1.807) is 0 Å². The van der Waals surface area contributed by atoms with Crippen molar-refractivity contribution in [2.24, 2.45) is 0 Å². The van der Waals surface area contributed by atoms with Crippen LogP contribution in [0.1, 0.15) is 18.2 Å². The highest BCUT2D eigenvalue weighted by Crippen LogP contribution is 2.01. The van der Waals surface area contributed by atoms with Gasteiger partial charge in [0.05, 0.1) is 6.26 Å². The van der Waals surface area contributed by atoms with E-state index in [9.17, 15) is 4.79 Å². The van der Waals surface area contributed by atoms with Gasteiger partial charge in [0.15, 0.2) is 0 Å². The first-order valence-corrected chi connectivity index (χ1v) is 3.37. The van der Waals surface area contributed by atoms with Crippen LogP contribution in [0, 0.1) is 12.3 Å². The zero-order valence-electron chi connectivity index (χ0n) is 6.26. The molecule has 1 aromatic rings. The van der Waals surface area contributed by atoms with Crippen LogP contribution < -0.4 is 5.43 Å². The van der Waals surface area contributed by atoms with Crippen molar-refractivity contribution in [2.45, 2.75) is 13.3 Å². The summed E-state index contributed by atoms with van der Waals surface area (Å²) >= 11 is 0. The second kappa shape index (κ2) is 3.07. The van der Waals surface area contributed by atoms with Crippen molar-refractivity contribution >= 4 is 0 Å². The lowest BCUT2D eigenvalue weighted by atomic mass is 10.2. The monoisotopic (exact) mass is 148 g/mol. The third-order valence-electron chi connectivity index (χ3n) is 1.42. The molecule has 0 atom stereocenters. The summed E-state index contributed by atoms with van der Waals surface area (Å²) in [6, 6.07) is 1.33. The molecule has 0 aliphatic rings. The second-order valence-electron chi connectivity index (χ2n) is 2.08. The summed E-state index contributed by atoms with van der Waals surface area (Å²) in [6.07, 6.45) is 7.13. The van der Waals surface area contributed by atoms with Gasteiger partial charge in [0.1, 0.15) is 11.3 Å². The predicted molar refractivity (Wildman–Crippen MR) is 42.3 cm³/mol. The van der Waals surface area contributed by atoms with Crippen LogP contribution in [0.5, 0.6) is 0 Å². The molecule has 0 fully saturated rings. The van der Waals surface area contributed by atoms with Crippen LogP contribution in [-0.2, 0) is 6.42 Å². The van der Waals surface area contributed by atoms with Gasteiger partial charge in [0.2, 0.25) is 5.43 Å². The number of rotatable bonds is 1. The largest absolute Gasteiger partial charge is 0.468 e. The Morgan fingerprint density at radius 2 is 2.45 bits per heavy atom. The van der Waals surface area contributed by atoms with Crippen LogP contribution >= 0.6 is 0 Å². The number of hydrogen-bond donors (Lipinski definition) is 0. The summed E-state index contributed by atoms with van der Waals surface area (Å²) in [4.78, 5) is 11.0. The molecule has 1 heterocycles. The van der Waals surface area contributed by atoms with E-state index in [4.69, 9.17) is 10.8 Å². The first-order chi connectivity index (χ1) is 5.29. The molecule has 56 valence electrons. The Morgan fingerprint density at radius 1 is 1.73 bits per heavy atom. The highest BCUT2D eigenvalue weighted by Gasteiger charge is 2.02. The van der Waals surface area contributed by atoms with E-state index in [1.807, 2.05) is 6.92 Å². The lowest BCUT2D eigenvalue weighted by Crippen LogP contribution is -2.06. The minimum absolute atomic E-state index is 0.143. The minimum Gasteiger partial charge on any atom is -0.468 e. The molecule has 0 N–H and O–H groups in total. The van der Waals surface area contributed by atoms with E-state index in [0.29, 0.717) is 17.7 Å². The molecule has 0 aliphatic carbocycles. The quantitative estimate of drug-likeness (QED) is 0.560. The molecule has 0 aliphatic heterocycles. The van der Waals surface area contributed by atoms with Gasteiger partial charge in [0.25, 0.3) is 0 Å². The van der Waals surface area contributed by atoms with E-state index >= 15 is 0 Å². The first kappa shape index (κ1) is 7.62. The summed E-state index contributed by atoms with van der Waals surface area (Å²) < 4.78 is 5.04. The molecule has 2 heteroatoms. The average molecular weight is 148 g/mol. The van der Waals surface area contributed by atoms with Gasteiger partial charge in [-0.25, -0.2) is 0 Å². The van der Waals surface area contributed by atoms with Crippen LogP contribution in [0.3, 0.4) is 0 Å². The molecule has 0 spiro atoms. The summed E-state index contributed by atoms with van der Waals surface area (Å²) in [5.74, 6) is 2.89. The van der Waals surface area contributed by atoms with Gasteiger partial charge in [-0.05, 0) is 0 Å². The van der Waals surface area contributed by atoms with Crippen LogP contribution in [0.15, 0.2) is 21.5 Å². The molecule has 0 aromatic carbocycles. The second-order valence-corrected chi connectivity index (χ2v) is 2.08. The Kier molecular flexibility index (Phi) is 2.12. The topological polar surface area (TPSA) is 30.2 Å². The van der Waals surface area contributed by atoms with Crippen LogP contribution in [0.25, 0.3) is 0 Å². The van der Waals surface area contributed by atoms with Gasteiger partial charge >= 0.3 is 0 Å². The van der Waals surface area contributed by atoms with Gasteiger partial charge in [-0.3, -0.25) is 4.79 Å². The molecular weight excluding hydrogens is 140 g/mol. The predicted octanol–water partition coefficient (Wildman–Crippen LogP) is 1.18. The van der Waals surface area contributed by atoms with Crippen LogP contribution in [0.2, 0.25) is 0 Å². The lowest BCUT2D eigenvalue weighted by Gasteiger charge is -1.96. The molecule has 0 saturated carbocycles. The van der Waals surface area contributed by atoms with Crippen molar-refractivity contribution in [1.82, 2.24) is 0 Å². The normalized spacial score (nSPS) is 9.09. The molecule has 0 unspecified atom stereocenters. The van der Waals surface area contributed by atoms with E-state index < -0.39 is 0 Å². The summed E-state index contributed by atoms with van der Waals surface area (Å²) in [5.41, 5.74) is 0.200. The van der Waals surface area contributed by atoms with E-state index in [0.717, 1.165) is 0 Å². The first-order valence-electron chi connectivity index (χ1n) is 3.37. The summed E-state index contributed by atoms with van der Waals surface area (Å²) in [5, 5.41) is 0. The van der Waals surface area contributed by atoms with Gasteiger partial charge in [0, 0.05) is 12.5 Å². The van der Waals surface area contributed by atoms with Gasteiger partial charge in [-0.2, -0.15) is 0 Å². The molecule has 0 saturated heterocycles. The molecule has 1 aromatic heterocycles. The molecule has 0 bridgehead atoms. The van der Waals surface area contributed by atoms with Crippen molar-refractivity contribution < 1.29 is 4.42 Å². The third-order valence-corrected chi connectivity index (χ3v) is 1.42. The molecule has 0 amide bonds. The molecule has 0 radical (unpaired) electrons. The lowest BCUT2D eigenvalue weighted by molar-refractivity contribution is 0.494. The summed E-state index contributed by atoms with van der Waals surface area (Å²) in [7, 11) is 0. The van der Waals surface area contributed by atoms with Crippen molar-refractivity contribution in [3.05, 3.63) is 33.9 Å². The van der Waals surface area contributed by atoms with Crippen molar-refractivity contribution in [3.8, 4) is 12.3 Å². The third kappa shape index (κ3) is 1.32. The Hall–Kier alpha value is -1.49. The van der Waals surface area contributed by atoms with Gasteiger partial charge < -0.3 is 4.42 Å². The van der Waals surface area contributed by atoms with Crippen molar-refractivity contribution in [3.63, 3.8) is 0 Å². The Bertz CT molecular complexity index is 341. The summed E-state index contributed by atoms with van der Waals surface area (Å²) in [6.45, 7) is 1.89. The van der Waals surface area contributed by atoms with Crippen molar-refractivity contribution in [1.29, 1.82) is 0 Å². The van der Waals surface area contributed by atoms with E-state index in [-0.39, 0.29) is 5.43 Å². The SMILES string of the molecule is C#Cc1c(CC)occc1=O. The Balaban J connectivity index is 3.40. The van der Waals surface area contributed by atoms with Crippen molar-refractivity contribution in [2.75, 3.05) is 0 Å². The maximum Gasteiger partial charge on any atom is 0.200 e. The smallest absolute Gasteiger partial charge is 0.200 e. The fourth-order valence-electron chi connectivity index (χ4n) is 0.869. The maximum absolute atomic E-state index is 11.0. The fraction of sp³-hybridized carbons (Fsp3) is 0.222. The number of aryl methyl sites for hydroxylation is 1. The van der Waals surface area contributed by atoms with E-state index in [2.05, 4.69) is 5.92 Å². The molecule has 11 heavy (non-hydrogen) atoms. The van der Waals surface area contributed by atoms with Gasteiger partial charge in [-0.15, -0.1) is 6.42 Å². The Labute approximate surface area is 64.9 Å². The number of hydrogen-bond acceptors (Lipinski definition) is 2.